The van der Waals surface area contributed by atoms with Gasteiger partial charge in [0, 0.05) is 18.0 Å². The summed E-state index contributed by atoms with van der Waals surface area (Å²) >= 11 is 0.486. The van der Waals surface area contributed by atoms with E-state index in [0.29, 0.717) is 23.5 Å². The van der Waals surface area contributed by atoms with Crippen LogP contribution in [0.5, 0.6) is 5.75 Å². The number of alkyl halides is 3. The van der Waals surface area contributed by atoms with E-state index in [1.54, 1.807) is 17.0 Å². The Morgan fingerprint density at radius 2 is 2.03 bits per heavy atom. The summed E-state index contributed by atoms with van der Waals surface area (Å²) in [5.41, 5.74) is 6.10. The first-order chi connectivity index (χ1) is 15.1. The Morgan fingerprint density at radius 3 is 2.59 bits per heavy atom. The number of nitrogens with two attached hydrogens (primary N) is 1. The molecule has 3 rings (SSSR count). The molecule has 2 heterocycles. The van der Waals surface area contributed by atoms with Crippen LogP contribution in [0.1, 0.15) is 29.3 Å². The normalized spacial score (nSPS) is 20.2. The number of carbonyl (C=O) groups excluding carboxylic acids is 2. The molecule has 1 aliphatic heterocycles. The number of carbonyl (C=O) groups is 2. The number of benzene rings is 1. The second-order valence-electron chi connectivity index (χ2n) is 7.22. The number of halogens is 3. The van der Waals surface area contributed by atoms with Crippen molar-refractivity contribution in [3.05, 3.63) is 45.9 Å². The lowest BCUT2D eigenvalue weighted by Crippen LogP contribution is -2.44. The van der Waals surface area contributed by atoms with Gasteiger partial charge in [0.05, 0.1) is 12.8 Å². The van der Waals surface area contributed by atoms with Crippen LogP contribution in [0.2, 0.25) is 0 Å². The van der Waals surface area contributed by atoms with Gasteiger partial charge in [0.25, 0.3) is 5.91 Å². The standard InChI is InChI=1S/C20H22F3N3O5S/c1-11(7-12-3-5-13(6-4-12)30-9-16(24)27)26-8-15(31-17(26)18(28)29-2)14-10-32-19(25-14)20(21,22)23/h3-6,10-11,15,17H,7-9H2,1-2H3,(H2,24,27). The summed E-state index contributed by atoms with van der Waals surface area (Å²) in [6.45, 7) is 1.83. The summed E-state index contributed by atoms with van der Waals surface area (Å²) in [4.78, 5) is 28.4. The Balaban J connectivity index is 1.70. The number of primary amides is 1. The molecule has 1 aromatic carbocycles. The van der Waals surface area contributed by atoms with Crippen LogP contribution in [0.15, 0.2) is 29.6 Å². The number of hydrogen-bond donors (Lipinski definition) is 1. The van der Waals surface area contributed by atoms with E-state index < -0.39 is 35.4 Å². The monoisotopic (exact) mass is 473 g/mol. The molecule has 8 nitrogen and oxygen atoms in total. The highest BCUT2D eigenvalue weighted by molar-refractivity contribution is 7.09. The van der Waals surface area contributed by atoms with E-state index >= 15 is 0 Å². The third-order valence-electron chi connectivity index (χ3n) is 4.87. The molecular weight excluding hydrogens is 451 g/mol. The van der Waals surface area contributed by atoms with Gasteiger partial charge in [-0.05, 0) is 31.0 Å². The van der Waals surface area contributed by atoms with Crippen LogP contribution in [0.4, 0.5) is 13.2 Å². The van der Waals surface area contributed by atoms with E-state index in [4.69, 9.17) is 19.9 Å². The summed E-state index contributed by atoms with van der Waals surface area (Å²) in [6.07, 6.45) is -5.87. The highest BCUT2D eigenvalue weighted by atomic mass is 32.1. The minimum atomic E-state index is -4.54. The van der Waals surface area contributed by atoms with Crippen LogP contribution in [0, 0.1) is 0 Å². The fourth-order valence-electron chi connectivity index (χ4n) is 3.33. The van der Waals surface area contributed by atoms with Gasteiger partial charge in [-0.2, -0.15) is 13.2 Å². The van der Waals surface area contributed by atoms with Crippen molar-refractivity contribution in [1.29, 1.82) is 0 Å². The van der Waals surface area contributed by atoms with Crippen LogP contribution >= 0.6 is 11.3 Å². The lowest BCUT2D eigenvalue weighted by Gasteiger charge is -2.27. The number of thiazole rings is 1. The summed E-state index contributed by atoms with van der Waals surface area (Å²) < 4.78 is 54.5. The average Bonchev–Trinajstić information content (AvgIpc) is 3.40. The quantitative estimate of drug-likeness (QED) is 0.588. The predicted molar refractivity (Wildman–Crippen MR) is 108 cm³/mol. The van der Waals surface area contributed by atoms with Gasteiger partial charge >= 0.3 is 12.1 Å². The van der Waals surface area contributed by atoms with Gasteiger partial charge in [0.2, 0.25) is 6.23 Å². The van der Waals surface area contributed by atoms with Crippen molar-refractivity contribution < 1.29 is 37.0 Å². The molecule has 3 atom stereocenters. The smallest absolute Gasteiger partial charge is 0.443 e. The zero-order chi connectivity index (χ0) is 23.5. The number of esters is 1. The van der Waals surface area contributed by atoms with Gasteiger partial charge in [-0.15, -0.1) is 11.3 Å². The van der Waals surface area contributed by atoms with Crippen molar-refractivity contribution in [2.45, 2.75) is 37.9 Å². The third-order valence-corrected chi connectivity index (χ3v) is 5.78. The lowest BCUT2D eigenvalue weighted by molar-refractivity contribution is -0.162. The number of methoxy groups -OCH3 is 1. The Labute approximate surface area is 186 Å². The molecule has 1 aromatic heterocycles. The van der Waals surface area contributed by atoms with E-state index in [9.17, 15) is 22.8 Å². The third kappa shape index (κ3) is 5.75. The van der Waals surface area contributed by atoms with Crippen molar-refractivity contribution in [2.75, 3.05) is 20.3 Å². The maximum Gasteiger partial charge on any atom is 0.443 e. The van der Waals surface area contributed by atoms with Gasteiger partial charge in [-0.3, -0.25) is 9.69 Å². The van der Waals surface area contributed by atoms with Gasteiger partial charge in [0.15, 0.2) is 11.6 Å². The van der Waals surface area contributed by atoms with Crippen LogP contribution in [0.25, 0.3) is 0 Å². The second-order valence-corrected chi connectivity index (χ2v) is 8.08. The Bertz CT molecular complexity index is 951. The molecule has 1 amide bonds. The lowest BCUT2D eigenvalue weighted by atomic mass is 10.1. The first kappa shape index (κ1) is 24.0. The molecule has 1 aliphatic rings. The minimum Gasteiger partial charge on any atom is -0.484 e. The summed E-state index contributed by atoms with van der Waals surface area (Å²) in [5, 5.41) is 0.330. The highest BCUT2D eigenvalue weighted by Gasteiger charge is 2.43. The first-order valence-electron chi connectivity index (χ1n) is 9.60. The summed E-state index contributed by atoms with van der Waals surface area (Å²) in [6, 6.07) is 6.80. The molecule has 1 fully saturated rings. The maximum atomic E-state index is 12.9. The van der Waals surface area contributed by atoms with Crippen LogP contribution in [-0.4, -0.2) is 54.3 Å². The first-order valence-corrected chi connectivity index (χ1v) is 10.5. The topological polar surface area (TPSA) is 104 Å². The Kier molecular flexibility index (Phi) is 7.36. The molecule has 2 N–H and O–H groups in total. The number of ether oxygens (including phenoxy) is 3. The average molecular weight is 473 g/mol. The molecule has 32 heavy (non-hydrogen) atoms. The Morgan fingerprint density at radius 1 is 1.34 bits per heavy atom. The fourth-order valence-corrected chi connectivity index (χ4v) is 4.06. The molecule has 3 unspecified atom stereocenters. The molecule has 0 saturated carbocycles. The van der Waals surface area contributed by atoms with Crippen molar-refractivity contribution in [3.63, 3.8) is 0 Å². The highest BCUT2D eigenvalue weighted by Crippen LogP contribution is 2.36. The molecule has 0 spiro atoms. The van der Waals surface area contributed by atoms with Crippen molar-refractivity contribution in [2.24, 2.45) is 5.73 Å². The van der Waals surface area contributed by atoms with Crippen LogP contribution < -0.4 is 10.5 Å². The van der Waals surface area contributed by atoms with E-state index in [0.717, 1.165) is 5.56 Å². The van der Waals surface area contributed by atoms with E-state index in [1.807, 2.05) is 19.1 Å². The fraction of sp³-hybridized carbons (Fsp3) is 0.450. The number of rotatable bonds is 8. The van der Waals surface area contributed by atoms with Crippen molar-refractivity contribution >= 4 is 23.2 Å². The summed E-state index contributed by atoms with van der Waals surface area (Å²) in [7, 11) is 1.22. The largest absolute Gasteiger partial charge is 0.484 e. The number of nitrogens with zero attached hydrogens (tertiary/aromatic N) is 2. The maximum absolute atomic E-state index is 12.9. The Hall–Kier alpha value is -2.70. The molecule has 0 bridgehead atoms. The number of aromatic nitrogens is 1. The second kappa shape index (κ2) is 9.84. The zero-order valence-corrected chi connectivity index (χ0v) is 18.1. The zero-order valence-electron chi connectivity index (χ0n) is 17.3. The molecule has 2 aromatic rings. The minimum absolute atomic E-state index is 0.127. The van der Waals surface area contributed by atoms with Gasteiger partial charge in [-0.1, -0.05) is 12.1 Å². The molecule has 12 heteroatoms. The number of amides is 1. The summed E-state index contributed by atoms with van der Waals surface area (Å²) in [5.74, 6) is -0.732. The van der Waals surface area contributed by atoms with E-state index in [2.05, 4.69) is 4.98 Å². The molecule has 0 radical (unpaired) electrons. The van der Waals surface area contributed by atoms with E-state index in [-0.39, 0.29) is 24.9 Å². The van der Waals surface area contributed by atoms with Gasteiger partial charge in [-0.25, -0.2) is 9.78 Å². The van der Waals surface area contributed by atoms with Gasteiger partial charge < -0.3 is 19.9 Å². The van der Waals surface area contributed by atoms with Crippen molar-refractivity contribution in [3.8, 4) is 5.75 Å². The molecule has 174 valence electrons. The molecular formula is C20H22F3N3O5S. The number of hydrogen-bond acceptors (Lipinski definition) is 8. The van der Waals surface area contributed by atoms with Crippen LogP contribution in [-0.2, 0) is 31.7 Å². The van der Waals surface area contributed by atoms with Gasteiger partial charge in [0.1, 0.15) is 11.9 Å². The SMILES string of the molecule is COC(=O)C1OC(c2csc(C(F)(F)F)n2)CN1C(C)Cc1ccc(OCC(N)=O)cc1. The van der Waals surface area contributed by atoms with Crippen LogP contribution in [0.3, 0.4) is 0 Å². The van der Waals surface area contributed by atoms with Crippen molar-refractivity contribution in [1.82, 2.24) is 9.88 Å². The predicted octanol–water partition coefficient (Wildman–Crippen LogP) is 2.53. The molecule has 1 saturated heterocycles. The van der Waals surface area contributed by atoms with E-state index in [1.165, 1.54) is 12.5 Å². The molecule has 0 aliphatic carbocycles.